The molecule has 2 rings (SSSR count). The van der Waals surface area contributed by atoms with Gasteiger partial charge in [-0.25, -0.2) is 14.8 Å². The molecule has 1 aromatic rings. The summed E-state index contributed by atoms with van der Waals surface area (Å²) >= 11 is 0. The van der Waals surface area contributed by atoms with Crippen LogP contribution in [0.1, 0.15) is 42.6 Å². The minimum absolute atomic E-state index is 0.0319. The van der Waals surface area contributed by atoms with Crippen molar-refractivity contribution in [2.75, 3.05) is 26.0 Å². The van der Waals surface area contributed by atoms with E-state index in [1.165, 1.54) is 44.5 Å². The number of carboxylic acid groups (broad SMARTS) is 1. The highest BCUT2D eigenvalue weighted by Gasteiger charge is 2.33. The van der Waals surface area contributed by atoms with E-state index >= 15 is 0 Å². The summed E-state index contributed by atoms with van der Waals surface area (Å²) in [6.45, 7) is 0.807. The van der Waals surface area contributed by atoms with E-state index in [0.717, 1.165) is 6.54 Å². The predicted octanol–water partition coefficient (Wildman–Crippen LogP) is 1.85. The van der Waals surface area contributed by atoms with Gasteiger partial charge in [0.1, 0.15) is 5.82 Å². The topological polar surface area (TPSA) is 78.4 Å². The van der Waals surface area contributed by atoms with Crippen LogP contribution in [0, 0.1) is 0 Å². The van der Waals surface area contributed by atoms with Crippen LogP contribution in [0.3, 0.4) is 0 Å². The maximum Gasteiger partial charge on any atom is 0.356 e. The number of anilines is 1. The Balaban J connectivity index is 2.00. The van der Waals surface area contributed by atoms with Crippen molar-refractivity contribution in [2.24, 2.45) is 0 Å². The Labute approximate surface area is 119 Å². The molecular formula is C14H22N4O2. The monoisotopic (exact) mass is 278 g/mol. The molecule has 0 bridgehead atoms. The maximum atomic E-state index is 10.7. The van der Waals surface area contributed by atoms with Crippen molar-refractivity contribution in [1.29, 1.82) is 0 Å². The van der Waals surface area contributed by atoms with Crippen molar-refractivity contribution in [3.63, 3.8) is 0 Å². The van der Waals surface area contributed by atoms with E-state index in [1.54, 1.807) is 0 Å². The molecule has 0 saturated heterocycles. The number of carboxylic acids is 1. The third-order valence-corrected chi connectivity index (χ3v) is 4.20. The van der Waals surface area contributed by atoms with Gasteiger partial charge in [-0.3, -0.25) is 0 Å². The van der Waals surface area contributed by atoms with Crippen LogP contribution >= 0.6 is 0 Å². The summed E-state index contributed by atoms with van der Waals surface area (Å²) in [6.07, 6.45) is 8.93. The second kappa shape index (κ2) is 6.17. The Hall–Kier alpha value is -1.69. The lowest BCUT2D eigenvalue weighted by molar-refractivity contribution is 0.0690. The molecule has 0 amide bonds. The highest BCUT2D eigenvalue weighted by Crippen LogP contribution is 2.32. The Bertz CT molecular complexity index is 453. The van der Waals surface area contributed by atoms with Crippen LogP contribution in [0.25, 0.3) is 0 Å². The van der Waals surface area contributed by atoms with E-state index in [2.05, 4.69) is 34.3 Å². The molecule has 20 heavy (non-hydrogen) atoms. The van der Waals surface area contributed by atoms with Gasteiger partial charge in [-0.15, -0.1) is 0 Å². The zero-order valence-electron chi connectivity index (χ0n) is 12.1. The molecular weight excluding hydrogens is 256 g/mol. The second-order valence-electron chi connectivity index (χ2n) is 5.63. The Morgan fingerprint density at radius 3 is 2.50 bits per heavy atom. The average molecular weight is 278 g/mol. The molecule has 0 spiro atoms. The number of nitrogens with one attached hydrogen (secondary N) is 1. The molecule has 1 fully saturated rings. The number of carbonyl (C=O) groups is 1. The van der Waals surface area contributed by atoms with Crippen molar-refractivity contribution in [1.82, 2.24) is 14.9 Å². The van der Waals surface area contributed by atoms with Gasteiger partial charge in [0.25, 0.3) is 0 Å². The van der Waals surface area contributed by atoms with E-state index < -0.39 is 5.97 Å². The zero-order chi connectivity index (χ0) is 14.6. The van der Waals surface area contributed by atoms with E-state index in [0.29, 0.717) is 5.82 Å². The molecule has 0 aliphatic heterocycles. The fourth-order valence-corrected chi connectivity index (χ4v) is 2.78. The van der Waals surface area contributed by atoms with E-state index in [4.69, 9.17) is 5.11 Å². The molecule has 0 unspecified atom stereocenters. The van der Waals surface area contributed by atoms with Gasteiger partial charge >= 0.3 is 5.97 Å². The first kappa shape index (κ1) is 14.7. The smallest absolute Gasteiger partial charge is 0.356 e. The average Bonchev–Trinajstić information content (AvgIpc) is 2.46. The Kier molecular flexibility index (Phi) is 4.54. The van der Waals surface area contributed by atoms with E-state index in [1.807, 2.05) is 0 Å². The number of likely N-dealkylation sites (N-methyl/N-ethyl adjacent to an activating group) is 1. The lowest BCUT2D eigenvalue weighted by Crippen LogP contribution is -2.51. The van der Waals surface area contributed by atoms with E-state index in [9.17, 15) is 4.79 Å². The van der Waals surface area contributed by atoms with Gasteiger partial charge in [-0.1, -0.05) is 19.3 Å². The minimum atomic E-state index is -1.05. The number of hydrogen-bond acceptors (Lipinski definition) is 5. The van der Waals surface area contributed by atoms with Gasteiger partial charge in [-0.05, 0) is 26.9 Å². The maximum absolute atomic E-state index is 10.7. The van der Waals surface area contributed by atoms with Crippen molar-refractivity contribution in [3.8, 4) is 0 Å². The van der Waals surface area contributed by atoms with Gasteiger partial charge in [-0.2, -0.15) is 0 Å². The Morgan fingerprint density at radius 2 is 2.00 bits per heavy atom. The quantitative estimate of drug-likeness (QED) is 0.856. The first-order chi connectivity index (χ1) is 9.53. The van der Waals surface area contributed by atoms with Crippen LogP contribution < -0.4 is 5.32 Å². The van der Waals surface area contributed by atoms with Crippen molar-refractivity contribution >= 4 is 11.8 Å². The molecule has 2 N–H and O–H groups in total. The molecule has 1 aliphatic rings. The van der Waals surface area contributed by atoms with Crippen LogP contribution in [0.4, 0.5) is 5.82 Å². The third kappa shape index (κ3) is 3.25. The first-order valence-corrected chi connectivity index (χ1v) is 7.00. The molecule has 1 saturated carbocycles. The van der Waals surface area contributed by atoms with Crippen molar-refractivity contribution in [3.05, 3.63) is 18.1 Å². The Morgan fingerprint density at radius 1 is 1.30 bits per heavy atom. The van der Waals surface area contributed by atoms with Crippen LogP contribution in [-0.4, -0.2) is 52.1 Å². The lowest BCUT2D eigenvalue weighted by Gasteiger charge is -2.43. The summed E-state index contributed by atoms with van der Waals surface area (Å²) in [5, 5.41) is 12.1. The van der Waals surface area contributed by atoms with Crippen LogP contribution in [0.2, 0.25) is 0 Å². The molecule has 1 heterocycles. The summed E-state index contributed by atoms with van der Waals surface area (Å²) in [5.74, 6) is -0.428. The number of aromatic carboxylic acids is 1. The van der Waals surface area contributed by atoms with Gasteiger partial charge in [0, 0.05) is 12.1 Å². The second-order valence-corrected chi connectivity index (χ2v) is 5.63. The lowest BCUT2D eigenvalue weighted by atomic mass is 9.80. The fraction of sp³-hybridized carbons (Fsp3) is 0.643. The molecule has 0 radical (unpaired) electrons. The summed E-state index contributed by atoms with van der Waals surface area (Å²) in [7, 11) is 4.23. The molecule has 6 nitrogen and oxygen atoms in total. The van der Waals surface area contributed by atoms with Gasteiger partial charge in [0.2, 0.25) is 0 Å². The molecule has 0 atom stereocenters. The largest absolute Gasteiger partial charge is 0.476 e. The van der Waals surface area contributed by atoms with Crippen LogP contribution in [0.5, 0.6) is 0 Å². The van der Waals surface area contributed by atoms with Crippen LogP contribution in [-0.2, 0) is 0 Å². The molecule has 1 aliphatic carbocycles. The number of nitrogens with zero attached hydrogens (tertiary/aromatic N) is 3. The molecule has 6 heteroatoms. The summed E-state index contributed by atoms with van der Waals surface area (Å²) in [5.41, 5.74) is 0.126. The highest BCUT2D eigenvalue weighted by molar-refractivity contribution is 5.84. The number of rotatable bonds is 5. The number of aromatic nitrogens is 2. The molecule has 110 valence electrons. The van der Waals surface area contributed by atoms with Gasteiger partial charge < -0.3 is 15.3 Å². The van der Waals surface area contributed by atoms with E-state index in [-0.39, 0.29) is 11.2 Å². The molecule has 0 aromatic carbocycles. The zero-order valence-corrected chi connectivity index (χ0v) is 12.1. The summed E-state index contributed by atoms with van der Waals surface area (Å²) < 4.78 is 0. The van der Waals surface area contributed by atoms with Crippen LogP contribution in [0.15, 0.2) is 12.4 Å². The summed E-state index contributed by atoms with van der Waals surface area (Å²) in [6, 6.07) is 0. The SMILES string of the molecule is CN(C)C1(CNc2cnc(C(=O)O)cn2)CCCCC1. The standard InChI is InChI=1S/C14H22N4O2/c1-18(2)14(6-4-3-5-7-14)10-17-12-9-15-11(8-16-12)13(19)20/h8-9H,3-7,10H2,1-2H3,(H,16,17)(H,19,20). The normalized spacial score (nSPS) is 17.9. The summed E-state index contributed by atoms with van der Waals surface area (Å²) in [4.78, 5) is 21.0. The molecule has 1 aromatic heterocycles. The fourth-order valence-electron chi connectivity index (χ4n) is 2.78. The van der Waals surface area contributed by atoms with Gasteiger partial charge in [0.15, 0.2) is 5.69 Å². The minimum Gasteiger partial charge on any atom is -0.476 e. The number of hydrogen-bond donors (Lipinski definition) is 2. The van der Waals surface area contributed by atoms with Crippen molar-refractivity contribution in [2.45, 2.75) is 37.6 Å². The first-order valence-electron chi connectivity index (χ1n) is 7.00. The highest BCUT2D eigenvalue weighted by atomic mass is 16.4. The van der Waals surface area contributed by atoms with Gasteiger partial charge in [0.05, 0.1) is 12.4 Å². The third-order valence-electron chi connectivity index (χ3n) is 4.20. The van der Waals surface area contributed by atoms with Crippen molar-refractivity contribution < 1.29 is 9.90 Å². The predicted molar refractivity (Wildman–Crippen MR) is 77.0 cm³/mol.